The van der Waals surface area contributed by atoms with Gasteiger partial charge in [0, 0.05) is 12.4 Å². The molecule has 1 aliphatic heterocycles. The summed E-state index contributed by atoms with van der Waals surface area (Å²) in [5.41, 5.74) is 0.696. The van der Waals surface area contributed by atoms with Crippen molar-refractivity contribution in [1.29, 1.82) is 0 Å². The number of alkyl halides is 1. The molecule has 0 saturated heterocycles. The van der Waals surface area contributed by atoms with E-state index in [1.807, 2.05) is 0 Å². The van der Waals surface area contributed by atoms with Crippen molar-refractivity contribution >= 4 is 29.3 Å². The van der Waals surface area contributed by atoms with Gasteiger partial charge >= 0.3 is 0 Å². The third-order valence-corrected chi connectivity index (χ3v) is 3.08. The van der Waals surface area contributed by atoms with Gasteiger partial charge in [-0.15, -0.1) is 11.6 Å². The van der Waals surface area contributed by atoms with Crippen LogP contribution in [-0.2, 0) is 4.79 Å². The first-order chi connectivity index (χ1) is 9.15. The molecule has 1 aromatic rings. The van der Waals surface area contributed by atoms with Crippen molar-refractivity contribution in [1.82, 2.24) is 10.2 Å². The highest BCUT2D eigenvalue weighted by Crippen LogP contribution is 2.21. The van der Waals surface area contributed by atoms with Gasteiger partial charge in [0.15, 0.2) is 0 Å². The number of carbonyl (C=O) groups excluding carboxylic acids is 3. The average Bonchev–Trinajstić information content (AvgIpc) is 2.65. The molecule has 1 N–H and O–H groups in total. The van der Waals surface area contributed by atoms with Crippen molar-refractivity contribution in [3.05, 3.63) is 35.4 Å². The molecule has 0 aromatic heterocycles. The minimum absolute atomic E-state index is 0.255. The van der Waals surface area contributed by atoms with Gasteiger partial charge in [0.1, 0.15) is 6.54 Å². The van der Waals surface area contributed by atoms with Gasteiger partial charge < -0.3 is 5.32 Å². The van der Waals surface area contributed by atoms with Crippen molar-refractivity contribution in [2.45, 2.75) is 6.42 Å². The van der Waals surface area contributed by atoms with E-state index < -0.39 is 11.8 Å². The number of halogens is 1. The molecule has 0 aliphatic carbocycles. The summed E-state index contributed by atoms with van der Waals surface area (Å²) in [6.07, 6.45) is 0.648. The van der Waals surface area contributed by atoms with E-state index in [1.165, 1.54) is 0 Å². The van der Waals surface area contributed by atoms with Crippen LogP contribution in [0.25, 0.3) is 0 Å². The third kappa shape index (κ3) is 2.76. The number of hydrogen-bond acceptors (Lipinski definition) is 3. The van der Waals surface area contributed by atoms with E-state index in [2.05, 4.69) is 5.32 Å². The maximum Gasteiger partial charge on any atom is 0.262 e. The van der Waals surface area contributed by atoms with Crippen molar-refractivity contribution < 1.29 is 14.4 Å². The van der Waals surface area contributed by atoms with Gasteiger partial charge in [-0.1, -0.05) is 12.1 Å². The second kappa shape index (κ2) is 5.84. The molecule has 2 rings (SSSR count). The summed E-state index contributed by atoms with van der Waals surface area (Å²) in [7, 11) is 0. The van der Waals surface area contributed by atoms with Crippen LogP contribution in [-0.4, -0.2) is 41.6 Å². The van der Waals surface area contributed by atoms with Gasteiger partial charge in [-0.3, -0.25) is 19.3 Å². The Labute approximate surface area is 115 Å². The summed E-state index contributed by atoms with van der Waals surface area (Å²) in [5, 5.41) is 2.61. The highest BCUT2D eigenvalue weighted by Gasteiger charge is 2.35. The highest BCUT2D eigenvalue weighted by molar-refractivity contribution is 6.22. The van der Waals surface area contributed by atoms with E-state index >= 15 is 0 Å². The molecule has 19 heavy (non-hydrogen) atoms. The van der Waals surface area contributed by atoms with Crippen LogP contribution < -0.4 is 5.32 Å². The Morgan fingerprint density at radius 3 is 2.26 bits per heavy atom. The molecule has 1 heterocycles. The number of fused-ring (bicyclic) bond motifs is 1. The molecule has 0 bridgehead atoms. The maximum absolute atomic E-state index is 12.0. The summed E-state index contributed by atoms with van der Waals surface area (Å²) in [6, 6.07) is 6.55. The molecule has 0 radical (unpaired) electrons. The number of nitrogens with one attached hydrogen (secondary N) is 1. The van der Waals surface area contributed by atoms with Crippen molar-refractivity contribution in [2.24, 2.45) is 0 Å². The largest absolute Gasteiger partial charge is 0.355 e. The van der Waals surface area contributed by atoms with Crippen LogP contribution in [0.2, 0.25) is 0 Å². The lowest BCUT2D eigenvalue weighted by Crippen LogP contribution is -2.40. The quantitative estimate of drug-likeness (QED) is 0.498. The van der Waals surface area contributed by atoms with Crippen LogP contribution >= 0.6 is 11.6 Å². The Balaban J connectivity index is 2.02. The lowest BCUT2D eigenvalue weighted by atomic mass is 10.1. The molecule has 3 amide bonds. The summed E-state index contributed by atoms with van der Waals surface area (Å²) < 4.78 is 0. The molecule has 0 fully saturated rings. The lowest BCUT2D eigenvalue weighted by Gasteiger charge is -2.13. The SMILES string of the molecule is O=C(CN1C(=O)c2ccccc2C1=O)NCCCCl. The van der Waals surface area contributed by atoms with Crippen LogP contribution in [0.4, 0.5) is 0 Å². The maximum atomic E-state index is 12.0. The van der Waals surface area contributed by atoms with E-state index in [1.54, 1.807) is 24.3 Å². The highest BCUT2D eigenvalue weighted by atomic mass is 35.5. The third-order valence-electron chi connectivity index (χ3n) is 2.81. The van der Waals surface area contributed by atoms with Crippen LogP contribution in [0.15, 0.2) is 24.3 Å². The predicted octanol–water partition coefficient (Wildman–Crippen LogP) is 1.03. The fourth-order valence-corrected chi connectivity index (χ4v) is 2.01. The molecule has 0 unspecified atom stereocenters. The van der Waals surface area contributed by atoms with E-state index in [4.69, 9.17) is 11.6 Å². The second-order valence-electron chi connectivity index (χ2n) is 4.13. The summed E-state index contributed by atoms with van der Waals surface area (Å²) in [5.74, 6) is -0.756. The molecule has 1 aromatic carbocycles. The molecular formula is C13H13ClN2O3. The first kappa shape index (κ1) is 13.5. The Kier molecular flexibility index (Phi) is 4.16. The van der Waals surface area contributed by atoms with Crippen LogP contribution in [0, 0.1) is 0 Å². The standard InChI is InChI=1S/C13H13ClN2O3/c14-6-3-7-15-11(17)8-16-12(18)9-4-1-2-5-10(9)13(16)19/h1-2,4-5H,3,6-8H2,(H,15,17). The van der Waals surface area contributed by atoms with Gasteiger partial charge in [-0.2, -0.15) is 0 Å². The Hall–Kier alpha value is -1.88. The van der Waals surface area contributed by atoms with Crippen molar-refractivity contribution in [3.8, 4) is 0 Å². The first-order valence-corrected chi connectivity index (χ1v) is 6.46. The molecule has 6 heteroatoms. The summed E-state index contributed by atoms with van der Waals surface area (Å²) in [6.45, 7) is 0.181. The zero-order valence-corrected chi connectivity index (χ0v) is 10.9. The van der Waals surface area contributed by atoms with Gasteiger partial charge in [0.25, 0.3) is 11.8 Å². The zero-order chi connectivity index (χ0) is 13.8. The average molecular weight is 281 g/mol. The van der Waals surface area contributed by atoms with Gasteiger partial charge in [-0.25, -0.2) is 0 Å². The van der Waals surface area contributed by atoms with Crippen molar-refractivity contribution in [2.75, 3.05) is 19.0 Å². The number of imide groups is 1. The monoisotopic (exact) mass is 280 g/mol. The number of amides is 3. The molecule has 5 nitrogen and oxygen atoms in total. The fourth-order valence-electron chi connectivity index (χ4n) is 1.88. The molecule has 1 aliphatic rings. The molecule has 0 saturated carbocycles. The minimum atomic E-state index is -0.423. The molecule has 0 spiro atoms. The van der Waals surface area contributed by atoms with Gasteiger partial charge in [0.05, 0.1) is 11.1 Å². The second-order valence-corrected chi connectivity index (χ2v) is 4.51. The van der Waals surface area contributed by atoms with E-state index in [9.17, 15) is 14.4 Å². The number of hydrogen-bond donors (Lipinski definition) is 1. The van der Waals surface area contributed by atoms with Crippen LogP contribution in [0.3, 0.4) is 0 Å². The topological polar surface area (TPSA) is 66.5 Å². The first-order valence-electron chi connectivity index (χ1n) is 5.93. The number of rotatable bonds is 5. The molecular weight excluding hydrogens is 268 g/mol. The fraction of sp³-hybridized carbons (Fsp3) is 0.308. The summed E-state index contributed by atoms with van der Waals surface area (Å²) in [4.78, 5) is 36.5. The summed E-state index contributed by atoms with van der Waals surface area (Å²) >= 11 is 5.49. The van der Waals surface area contributed by atoms with Gasteiger partial charge in [0.2, 0.25) is 5.91 Å². The normalized spacial score (nSPS) is 13.6. The van der Waals surface area contributed by atoms with Crippen LogP contribution in [0.1, 0.15) is 27.1 Å². The number of benzene rings is 1. The molecule has 100 valence electrons. The Bertz CT molecular complexity index is 495. The van der Waals surface area contributed by atoms with E-state index in [0.717, 1.165) is 4.90 Å². The van der Waals surface area contributed by atoms with Crippen molar-refractivity contribution in [3.63, 3.8) is 0 Å². The zero-order valence-electron chi connectivity index (χ0n) is 10.2. The number of carbonyl (C=O) groups is 3. The minimum Gasteiger partial charge on any atom is -0.355 e. The smallest absolute Gasteiger partial charge is 0.262 e. The predicted molar refractivity (Wildman–Crippen MR) is 70.2 cm³/mol. The Morgan fingerprint density at radius 2 is 1.74 bits per heavy atom. The Morgan fingerprint density at radius 1 is 1.16 bits per heavy atom. The van der Waals surface area contributed by atoms with Gasteiger partial charge in [-0.05, 0) is 18.6 Å². The number of nitrogens with zero attached hydrogens (tertiary/aromatic N) is 1. The lowest BCUT2D eigenvalue weighted by molar-refractivity contribution is -0.121. The van der Waals surface area contributed by atoms with E-state index in [0.29, 0.717) is 30.0 Å². The van der Waals surface area contributed by atoms with Crippen LogP contribution in [0.5, 0.6) is 0 Å². The molecule has 0 atom stereocenters. The van der Waals surface area contributed by atoms with E-state index in [-0.39, 0.29) is 12.5 Å².